The maximum Gasteiger partial charge on any atom is 0.186 e. The van der Waals surface area contributed by atoms with Crippen molar-refractivity contribution >= 4 is 5.78 Å². The molecule has 1 aromatic rings. The predicted octanol–water partition coefficient (Wildman–Crippen LogP) is 2.34. The van der Waals surface area contributed by atoms with Crippen LogP contribution in [0.15, 0.2) is 54.3 Å². The van der Waals surface area contributed by atoms with Gasteiger partial charge in [-0.1, -0.05) is 30.3 Å². The Morgan fingerprint density at radius 1 is 1.29 bits per heavy atom. The molecule has 0 bridgehead atoms. The van der Waals surface area contributed by atoms with Gasteiger partial charge in [0.1, 0.15) is 6.61 Å². The van der Waals surface area contributed by atoms with Crippen LogP contribution in [0.25, 0.3) is 0 Å². The predicted molar refractivity (Wildman–Crippen MR) is 53.9 cm³/mol. The van der Waals surface area contributed by atoms with E-state index in [9.17, 15) is 4.79 Å². The van der Waals surface area contributed by atoms with Crippen LogP contribution in [0.5, 0.6) is 0 Å². The fraction of sp³-hybridized carbons (Fsp3) is 0.0833. The first-order valence-electron chi connectivity index (χ1n) is 4.44. The average Bonchev–Trinajstić information content (AvgIpc) is 2.72. The van der Waals surface area contributed by atoms with Gasteiger partial charge in [-0.3, -0.25) is 4.79 Å². The van der Waals surface area contributed by atoms with Crippen molar-refractivity contribution in [2.45, 2.75) is 0 Å². The van der Waals surface area contributed by atoms with E-state index in [1.54, 1.807) is 30.5 Å². The van der Waals surface area contributed by atoms with E-state index in [1.165, 1.54) is 0 Å². The van der Waals surface area contributed by atoms with E-state index in [0.717, 1.165) is 5.57 Å². The SMILES string of the molecule is O=C(C=C1C=COC1)c1ccccc1. The lowest BCUT2D eigenvalue weighted by atomic mass is 10.1. The van der Waals surface area contributed by atoms with Gasteiger partial charge in [-0.2, -0.15) is 0 Å². The van der Waals surface area contributed by atoms with E-state index in [2.05, 4.69) is 0 Å². The highest BCUT2D eigenvalue weighted by atomic mass is 16.5. The highest BCUT2D eigenvalue weighted by molar-refractivity contribution is 6.05. The van der Waals surface area contributed by atoms with Gasteiger partial charge in [0.15, 0.2) is 5.78 Å². The van der Waals surface area contributed by atoms with Gasteiger partial charge < -0.3 is 4.74 Å². The van der Waals surface area contributed by atoms with Crippen molar-refractivity contribution in [2.75, 3.05) is 6.61 Å². The van der Waals surface area contributed by atoms with Crippen molar-refractivity contribution in [3.05, 3.63) is 59.9 Å². The van der Waals surface area contributed by atoms with Crippen LogP contribution >= 0.6 is 0 Å². The molecule has 1 aliphatic heterocycles. The number of hydrogen-bond donors (Lipinski definition) is 0. The summed E-state index contributed by atoms with van der Waals surface area (Å²) >= 11 is 0. The van der Waals surface area contributed by atoms with Crippen molar-refractivity contribution in [1.29, 1.82) is 0 Å². The molecule has 0 radical (unpaired) electrons. The first-order valence-corrected chi connectivity index (χ1v) is 4.44. The fourth-order valence-corrected chi connectivity index (χ4v) is 1.27. The van der Waals surface area contributed by atoms with E-state index in [4.69, 9.17) is 4.74 Å². The zero-order valence-electron chi connectivity index (χ0n) is 7.64. The minimum absolute atomic E-state index is 0.0238. The molecule has 0 amide bonds. The lowest BCUT2D eigenvalue weighted by Gasteiger charge is -1.95. The molecular weight excluding hydrogens is 176 g/mol. The number of rotatable bonds is 2. The van der Waals surface area contributed by atoms with Crippen molar-refractivity contribution in [3.63, 3.8) is 0 Å². The molecule has 0 unspecified atom stereocenters. The molecule has 1 aliphatic rings. The molecule has 0 N–H and O–H groups in total. The van der Waals surface area contributed by atoms with E-state index >= 15 is 0 Å². The summed E-state index contributed by atoms with van der Waals surface area (Å²) in [6.45, 7) is 0.499. The third kappa shape index (κ3) is 1.91. The first-order chi connectivity index (χ1) is 6.86. The zero-order valence-corrected chi connectivity index (χ0v) is 7.64. The van der Waals surface area contributed by atoms with Gasteiger partial charge in [-0.15, -0.1) is 0 Å². The fourth-order valence-electron chi connectivity index (χ4n) is 1.27. The number of hydrogen-bond acceptors (Lipinski definition) is 2. The molecule has 2 heteroatoms. The molecule has 0 saturated heterocycles. The standard InChI is InChI=1S/C12H10O2/c13-12(8-10-6-7-14-9-10)11-4-2-1-3-5-11/h1-8H,9H2. The van der Waals surface area contributed by atoms with Crippen LogP contribution in [0.3, 0.4) is 0 Å². The second kappa shape index (κ2) is 3.92. The monoisotopic (exact) mass is 186 g/mol. The third-order valence-electron chi connectivity index (χ3n) is 2.00. The van der Waals surface area contributed by atoms with Crippen LogP contribution < -0.4 is 0 Å². The van der Waals surface area contributed by atoms with Crippen LogP contribution in [-0.4, -0.2) is 12.4 Å². The number of ether oxygens (including phenoxy) is 1. The number of benzene rings is 1. The summed E-state index contributed by atoms with van der Waals surface area (Å²) < 4.78 is 4.99. The number of allylic oxidation sites excluding steroid dienone is 1. The van der Waals surface area contributed by atoms with Gasteiger partial charge in [0.2, 0.25) is 0 Å². The molecule has 0 fully saturated rings. The maximum absolute atomic E-state index is 11.6. The smallest absolute Gasteiger partial charge is 0.186 e. The molecule has 0 aromatic heterocycles. The summed E-state index contributed by atoms with van der Waals surface area (Å²) in [6.07, 6.45) is 5.02. The minimum atomic E-state index is 0.0238. The van der Waals surface area contributed by atoms with Crippen molar-refractivity contribution in [1.82, 2.24) is 0 Å². The number of ketones is 1. The molecule has 1 heterocycles. The molecule has 0 atom stereocenters. The molecule has 70 valence electrons. The molecule has 1 aromatic carbocycles. The lowest BCUT2D eigenvalue weighted by molar-refractivity contribution is 0.104. The summed E-state index contributed by atoms with van der Waals surface area (Å²) in [5, 5.41) is 0. The second-order valence-electron chi connectivity index (χ2n) is 3.06. The minimum Gasteiger partial charge on any atom is -0.496 e. The maximum atomic E-state index is 11.6. The van der Waals surface area contributed by atoms with Crippen molar-refractivity contribution in [3.8, 4) is 0 Å². The third-order valence-corrected chi connectivity index (χ3v) is 2.00. The lowest BCUT2D eigenvalue weighted by Crippen LogP contribution is -1.96. The van der Waals surface area contributed by atoms with Gasteiger partial charge in [0.25, 0.3) is 0 Å². The largest absolute Gasteiger partial charge is 0.496 e. The van der Waals surface area contributed by atoms with Crippen LogP contribution in [0.2, 0.25) is 0 Å². The molecular formula is C12H10O2. The van der Waals surface area contributed by atoms with Crippen LogP contribution in [0.4, 0.5) is 0 Å². The Balaban J connectivity index is 2.17. The van der Waals surface area contributed by atoms with Gasteiger partial charge in [-0.05, 0) is 17.7 Å². The summed E-state index contributed by atoms with van der Waals surface area (Å²) in [5.74, 6) is 0.0238. The Labute approximate surface area is 82.5 Å². The summed E-state index contributed by atoms with van der Waals surface area (Å²) in [5.41, 5.74) is 1.62. The Bertz CT molecular complexity index is 388. The second-order valence-corrected chi connectivity index (χ2v) is 3.06. The first kappa shape index (κ1) is 8.75. The quantitative estimate of drug-likeness (QED) is 0.523. The van der Waals surface area contributed by atoms with E-state index in [-0.39, 0.29) is 5.78 Å². The Kier molecular flexibility index (Phi) is 2.45. The van der Waals surface area contributed by atoms with Crippen LogP contribution in [-0.2, 0) is 4.74 Å². The number of carbonyl (C=O) groups is 1. The van der Waals surface area contributed by atoms with E-state index in [1.807, 2.05) is 18.2 Å². The Morgan fingerprint density at radius 2 is 2.07 bits per heavy atom. The molecule has 2 nitrogen and oxygen atoms in total. The van der Waals surface area contributed by atoms with Gasteiger partial charge in [-0.25, -0.2) is 0 Å². The molecule has 14 heavy (non-hydrogen) atoms. The summed E-state index contributed by atoms with van der Waals surface area (Å²) in [6, 6.07) is 9.21. The van der Waals surface area contributed by atoms with E-state index in [0.29, 0.717) is 12.2 Å². The van der Waals surface area contributed by atoms with Gasteiger partial charge >= 0.3 is 0 Å². The zero-order chi connectivity index (χ0) is 9.80. The van der Waals surface area contributed by atoms with Crippen LogP contribution in [0, 0.1) is 0 Å². The Hall–Kier alpha value is -1.83. The van der Waals surface area contributed by atoms with E-state index < -0.39 is 0 Å². The summed E-state index contributed by atoms with van der Waals surface area (Å²) in [7, 11) is 0. The Morgan fingerprint density at radius 3 is 2.71 bits per heavy atom. The molecule has 0 spiro atoms. The van der Waals surface area contributed by atoms with Gasteiger partial charge in [0.05, 0.1) is 6.26 Å². The topological polar surface area (TPSA) is 26.3 Å². The normalized spacial score (nSPS) is 17.0. The van der Waals surface area contributed by atoms with Gasteiger partial charge in [0, 0.05) is 5.56 Å². The highest BCUT2D eigenvalue weighted by Crippen LogP contribution is 2.09. The van der Waals surface area contributed by atoms with Crippen molar-refractivity contribution < 1.29 is 9.53 Å². The molecule has 2 rings (SSSR count). The summed E-state index contributed by atoms with van der Waals surface area (Å²) in [4.78, 5) is 11.6. The van der Waals surface area contributed by atoms with Crippen molar-refractivity contribution in [2.24, 2.45) is 0 Å². The van der Waals surface area contributed by atoms with Crippen LogP contribution in [0.1, 0.15) is 10.4 Å². The molecule has 0 saturated carbocycles. The molecule has 0 aliphatic carbocycles. The number of carbonyl (C=O) groups excluding carboxylic acids is 1. The highest BCUT2D eigenvalue weighted by Gasteiger charge is 2.05. The average molecular weight is 186 g/mol.